The van der Waals surface area contributed by atoms with Gasteiger partial charge in [0.15, 0.2) is 0 Å². The fourth-order valence-corrected chi connectivity index (χ4v) is 3.69. The molecule has 0 aliphatic rings. The number of nitrogens with two attached hydrogens (primary N) is 1. The second-order valence-electron chi connectivity index (χ2n) is 5.88. The SMILES string of the molecule is C=C(c1ccccc1)c1ccc2nc(N)n(S(=O)(=O)C(C)C)c2c1. The van der Waals surface area contributed by atoms with Crippen LogP contribution in [0.1, 0.15) is 25.0 Å². The molecule has 24 heavy (non-hydrogen) atoms. The third-order valence-electron chi connectivity index (χ3n) is 3.96. The molecule has 0 spiro atoms. The maximum Gasteiger partial charge on any atom is 0.244 e. The topological polar surface area (TPSA) is 78.0 Å². The molecule has 0 radical (unpaired) electrons. The van der Waals surface area contributed by atoms with Crippen molar-refractivity contribution in [3.63, 3.8) is 0 Å². The molecule has 1 heterocycles. The van der Waals surface area contributed by atoms with Gasteiger partial charge in [-0.05, 0) is 42.7 Å². The van der Waals surface area contributed by atoms with Gasteiger partial charge < -0.3 is 5.73 Å². The lowest BCUT2D eigenvalue weighted by atomic mass is 9.99. The molecule has 1 aromatic heterocycles. The summed E-state index contributed by atoms with van der Waals surface area (Å²) in [5, 5.41) is -0.599. The van der Waals surface area contributed by atoms with Gasteiger partial charge >= 0.3 is 0 Å². The number of hydrogen-bond donors (Lipinski definition) is 1. The summed E-state index contributed by atoms with van der Waals surface area (Å²) in [4.78, 5) is 4.17. The molecule has 0 saturated heterocycles. The van der Waals surface area contributed by atoms with Gasteiger partial charge in [-0.15, -0.1) is 0 Å². The maximum absolute atomic E-state index is 12.6. The van der Waals surface area contributed by atoms with Crippen molar-refractivity contribution in [3.05, 3.63) is 66.2 Å². The predicted octanol–water partition coefficient (Wildman–Crippen LogP) is 3.27. The summed E-state index contributed by atoms with van der Waals surface area (Å²) in [7, 11) is -3.60. The Bertz CT molecular complexity index is 1020. The van der Waals surface area contributed by atoms with Crippen molar-refractivity contribution in [1.82, 2.24) is 8.96 Å². The van der Waals surface area contributed by atoms with Crippen LogP contribution in [0.3, 0.4) is 0 Å². The van der Waals surface area contributed by atoms with Gasteiger partial charge in [0, 0.05) is 0 Å². The van der Waals surface area contributed by atoms with Crippen LogP contribution in [0.2, 0.25) is 0 Å². The fraction of sp³-hybridized carbons (Fsp3) is 0.167. The van der Waals surface area contributed by atoms with Crippen molar-refractivity contribution in [2.24, 2.45) is 0 Å². The van der Waals surface area contributed by atoms with Crippen LogP contribution in [-0.2, 0) is 10.0 Å². The normalized spacial score (nSPS) is 12.0. The maximum atomic E-state index is 12.6. The highest BCUT2D eigenvalue weighted by Gasteiger charge is 2.24. The van der Waals surface area contributed by atoms with E-state index in [2.05, 4.69) is 11.6 Å². The molecule has 0 bridgehead atoms. The molecule has 0 aliphatic heterocycles. The highest BCUT2D eigenvalue weighted by atomic mass is 32.2. The molecular formula is C18H19N3O2S. The van der Waals surface area contributed by atoms with E-state index in [-0.39, 0.29) is 5.95 Å². The van der Waals surface area contributed by atoms with Crippen LogP contribution in [0.25, 0.3) is 16.6 Å². The van der Waals surface area contributed by atoms with E-state index in [9.17, 15) is 8.42 Å². The molecule has 0 aliphatic carbocycles. The van der Waals surface area contributed by atoms with Crippen molar-refractivity contribution in [1.29, 1.82) is 0 Å². The number of nitrogens with zero attached hydrogens (tertiary/aromatic N) is 2. The Balaban J connectivity index is 2.20. The molecule has 3 aromatic rings. The molecule has 5 nitrogen and oxygen atoms in total. The highest BCUT2D eigenvalue weighted by Crippen LogP contribution is 2.28. The lowest BCUT2D eigenvalue weighted by Crippen LogP contribution is -2.23. The van der Waals surface area contributed by atoms with E-state index in [0.717, 1.165) is 20.7 Å². The van der Waals surface area contributed by atoms with E-state index in [1.807, 2.05) is 36.4 Å². The lowest BCUT2D eigenvalue weighted by molar-refractivity contribution is 0.580. The van der Waals surface area contributed by atoms with Crippen LogP contribution in [0.5, 0.6) is 0 Å². The summed E-state index contributed by atoms with van der Waals surface area (Å²) >= 11 is 0. The van der Waals surface area contributed by atoms with E-state index in [1.54, 1.807) is 26.0 Å². The quantitative estimate of drug-likeness (QED) is 0.790. The Morgan fingerprint density at radius 3 is 2.42 bits per heavy atom. The summed E-state index contributed by atoms with van der Waals surface area (Å²) in [6.07, 6.45) is 0. The minimum Gasteiger partial charge on any atom is -0.368 e. The average Bonchev–Trinajstić information content (AvgIpc) is 2.90. The molecule has 3 rings (SSSR count). The van der Waals surface area contributed by atoms with Gasteiger partial charge in [-0.25, -0.2) is 17.4 Å². The van der Waals surface area contributed by atoms with Crippen LogP contribution in [-0.4, -0.2) is 22.6 Å². The Morgan fingerprint density at radius 1 is 1.12 bits per heavy atom. The molecule has 0 atom stereocenters. The smallest absolute Gasteiger partial charge is 0.244 e. The number of anilines is 1. The standard InChI is InChI=1S/C18H19N3O2S/c1-12(2)24(22,23)21-17-11-15(9-10-16(17)20-18(21)19)13(3)14-7-5-4-6-8-14/h4-12H,3H2,1-2H3,(H2,19,20). The Kier molecular flexibility index (Phi) is 3.93. The van der Waals surface area contributed by atoms with Crippen LogP contribution in [0, 0.1) is 0 Å². The van der Waals surface area contributed by atoms with Gasteiger partial charge in [0.1, 0.15) is 0 Å². The second kappa shape index (κ2) is 5.79. The third kappa shape index (κ3) is 2.59. The summed E-state index contributed by atoms with van der Waals surface area (Å²) in [6, 6.07) is 15.1. The summed E-state index contributed by atoms with van der Waals surface area (Å²) in [5.41, 5.74) is 9.49. The first-order valence-electron chi connectivity index (χ1n) is 7.59. The lowest BCUT2D eigenvalue weighted by Gasteiger charge is -2.12. The van der Waals surface area contributed by atoms with Crippen LogP contribution in [0.15, 0.2) is 55.1 Å². The van der Waals surface area contributed by atoms with Gasteiger partial charge in [0.2, 0.25) is 16.0 Å². The first-order valence-corrected chi connectivity index (χ1v) is 9.09. The molecule has 6 heteroatoms. The van der Waals surface area contributed by atoms with E-state index in [4.69, 9.17) is 5.73 Å². The molecular weight excluding hydrogens is 322 g/mol. The van der Waals surface area contributed by atoms with E-state index in [0.29, 0.717) is 11.0 Å². The van der Waals surface area contributed by atoms with Crippen molar-refractivity contribution in [3.8, 4) is 0 Å². The Hall–Kier alpha value is -2.60. The van der Waals surface area contributed by atoms with Gasteiger partial charge in [-0.1, -0.05) is 43.0 Å². The second-order valence-corrected chi connectivity index (χ2v) is 8.21. The average molecular weight is 341 g/mol. The molecule has 2 N–H and O–H groups in total. The van der Waals surface area contributed by atoms with Crippen LogP contribution in [0.4, 0.5) is 5.95 Å². The van der Waals surface area contributed by atoms with E-state index >= 15 is 0 Å². The molecule has 0 fully saturated rings. The van der Waals surface area contributed by atoms with E-state index in [1.165, 1.54) is 0 Å². The summed E-state index contributed by atoms with van der Waals surface area (Å²) in [6.45, 7) is 7.36. The zero-order chi connectivity index (χ0) is 17.5. The van der Waals surface area contributed by atoms with Gasteiger partial charge in [0.25, 0.3) is 0 Å². The minimum atomic E-state index is -3.60. The van der Waals surface area contributed by atoms with Crippen LogP contribution < -0.4 is 5.73 Å². The Labute approximate surface area is 141 Å². The van der Waals surface area contributed by atoms with Crippen molar-refractivity contribution in [2.45, 2.75) is 19.1 Å². The number of fused-ring (bicyclic) bond motifs is 1. The van der Waals surface area contributed by atoms with Gasteiger partial charge in [-0.3, -0.25) is 0 Å². The predicted molar refractivity (Wildman–Crippen MR) is 98.2 cm³/mol. The zero-order valence-corrected chi connectivity index (χ0v) is 14.4. The van der Waals surface area contributed by atoms with Crippen molar-refractivity contribution >= 4 is 32.6 Å². The number of hydrogen-bond acceptors (Lipinski definition) is 4. The zero-order valence-electron chi connectivity index (χ0n) is 13.6. The number of nitrogen functional groups attached to an aromatic ring is 1. The third-order valence-corrected chi connectivity index (χ3v) is 6.04. The Morgan fingerprint density at radius 2 is 1.79 bits per heavy atom. The minimum absolute atomic E-state index is 0.0267. The monoisotopic (exact) mass is 341 g/mol. The summed E-state index contributed by atoms with van der Waals surface area (Å²) in [5.74, 6) is -0.0267. The van der Waals surface area contributed by atoms with E-state index < -0.39 is 15.3 Å². The fourth-order valence-electron chi connectivity index (χ4n) is 2.54. The number of aromatic nitrogens is 2. The highest BCUT2D eigenvalue weighted by molar-refractivity contribution is 7.90. The molecule has 0 saturated carbocycles. The first kappa shape index (κ1) is 16.3. The largest absolute Gasteiger partial charge is 0.368 e. The number of imidazole rings is 1. The number of rotatable bonds is 4. The number of benzene rings is 2. The molecule has 124 valence electrons. The molecule has 0 unspecified atom stereocenters. The van der Waals surface area contributed by atoms with Gasteiger partial charge in [-0.2, -0.15) is 0 Å². The van der Waals surface area contributed by atoms with Crippen molar-refractivity contribution < 1.29 is 8.42 Å². The molecule has 0 amide bonds. The van der Waals surface area contributed by atoms with Crippen molar-refractivity contribution in [2.75, 3.05) is 5.73 Å². The van der Waals surface area contributed by atoms with Crippen LogP contribution >= 0.6 is 0 Å². The first-order chi connectivity index (χ1) is 11.3. The van der Waals surface area contributed by atoms with Gasteiger partial charge in [0.05, 0.1) is 16.3 Å². The molecule has 2 aromatic carbocycles. The summed E-state index contributed by atoms with van der Waals surface area (Å²) < 4.78 is 26.3.